The summed E-state index contributed by atoms with van der Waals surface area (Å²) in [5.41, 5.74) is -0.00469. The highest BCUT2D eigenvalue weighted by Crippen LogP contribution is 2.31. The van der Waals surface area contributed by atoms with Gasteiger partial charge in [-0.15, -0.1) is 11.3 Å². The molecule has 2 heterocycles. The third kappa shape index (κ3) is 7.88. The Morgan fingerprint density at radius 1 is 1.16 bits per heavy atom. The number of nitrogens with zero attached hydrogens (tertiary/aromatic N) is 2. The molecule has 15 heteroatoms. The van der Waals surface area contributed by atoms with Crippen LogP contribution < -0.4 is 15.4 Å². The summed E-state index contributed by atoms with van der Waals surface area (Å²) in [5, 5.41) is 16.6. The summed E-state index contributed by atoms with van der Waals surface area (Å²) in [6.45, 7) is 3.44. The van der Waals surface area contributed by atoms with Crippen molar-refractivity contribution in [3.63, 3.8) is 0 Å². The number of nitrogens with one attached hydrogen (secondary N) is 2. The highest BCUT2D eigenvalue weighted by Gasteiger charge is 2.34. The fourth-order valence-corrected chi connectivity index (χ4v) is 7.06. The van der Waals surface area contributed by atoms with Crippen LogP contribution in [0.1, 0.15) is 25.0 Å². The van der Waals surface area contributed by atoms with Crippen molar-refractivity contribution in [2.24, 2.45) is 5.92 Å². The molecule has 3 N–H and O–H groups in total. The average Bonchev–Trinajstić information content (AvgIpc) is 3.52. The number of rotatable bonds is 8. The maximum Gasteiger partial charge on any atom is 0.416 e. The Kier molecular flexibility index (Phi) is 10.2. The number of aliphatic hydroxyl groups is 1. The van der Waals surface area contributed by atoms with Crippen LogP contribution in [0.2, 0.25) is 0 Å². The van der Waals surface area contributed by atoms with Crippen LogP contribution in [0.4, 0.5) is 29.3 Å². The molecular formula is C29H33F3N4O6S2. The number of hydrogen-bond acceptors (Lipinski definition) is 7. The van der Waals surface area contributed by atoms with Gasteiger partial charge in [-0.2, -0.15) is 17.5 Å². The third-order valence-corrected chi connectivity index (χ3v) is 10.4. The van der Waals surface area contributed by atoms with Gasteiger partial charge in [-0.1, -0.05) is 13.0 Å². The molecule has 0 spiro atoms. The summed E-state index contributed by atoms with van der Waals surface area (Å²) in [6.07, 6.45) is -5.32. The topological polar surface area (TPSA) is 128 Å². The quantitative estimate of drug-likeness (QED) is 0.318. The van der Waals surface area contributed by atoms with Crippen LogP contribution in [0, 0.1) is 5.92 Å². The first-order chi connectivity index (χ1) is 20.7. The molecule has 0 fully saturated rings. The van der Waals surface area contributed by atoms with Crippen LogP contribution in [-0.4, -0.2) is 73.6 Å². The first-order valence-electron chi connectivity index (χ1n) is 13.6. The van der Waals surface area contributed by atoms with Crippen molar-refractivity contribution >= 4 is 44.7 Å². The Morgan fingerprint density at radius 3 is 2.43 bits per heavy atom. The number of ether oxygens (including phenoxy) is 1. The van der Waals surface area contributed by atoms with E-state index >= 15 is 0 Å². The lowest BCUT2D eigenvalue weighted by Gasteiger charge is -2.33. The Hall–Kier alpha value is -3.66. The monoisotopic (exact) mass is 654 g/mol. The molecule has 0 unspecified atom stereocenters. The molecule has 0 saturated carbocycles. The van der Waals surface area contributed by atoms with Gasteiger partial charge < -0.3 is 25.4 Å². The lowest BCUT2D eigenvalue weighted by Crippen LogP contribution is -2.48. The van der Waals surface area contributed by atoms with E-state index in [-0.39, 0.29) is 53.5 Å². The van der Waals surface area contributed by atoms with Gasteiger partial charge in [-0.25, -0.2) is 13.2 Å². The van der Waals surface area contributed by atoms with E-state index in [0.717, 1.165) is 35.6 Å². The second-order valence-corrected chi connectivity index (χ2v) is 13.8. The van der Waals surface area contributed by atoms with Crippen LogP contribution >= 0.6 is 11.3 Å². The molecule has 0 saturated heterocycles. The van der Waals surface area contributed by atoms with Gasteiger partial charge >= 0.3 is 12.2 Å². The number of carbonyl (C=O) groups is 2. The van der Waals surface area contributed by atoms with Gasteiger partial charge in [0.15, 0.2) is 0 Å². The highest BCUT2D eigenvalue weighted by molar-refractivity contribution is 7.91. The molecule has 10 nitrogen and oxygen atoms in total. The van der Waals surface area contributed by atoms with Gasteiger partial charge in [0.2, 0.25) is 5.91 Å². The van der Waals surface area contributed by atoms with Crippen molar-refractivity contribution in [1.29, 1.82) is 0 Å². The van der Waals surface area contributed by atoms with Crippen molar-refractivity contribution in [1.82, 2.24) is 9.21 Å². The smallest absolute Gasteiger partial charge is 0.416 e. The Labute approximate surface area is 257 Å². The van der Waals surface area contributed by atoms with E-state index in [2.05, 4.69) is 10.6 Å². The highest BCUT2D eigenvalue weighted by atomic mass is 32.2. The predicted molar refractivity (Wildman–Crippen MR) is 160 cm³/mol. The largest absolute Gasteiger partial charge is 0.488 e. The maximum absolute atomic E-state index is 13.4. The van der Waals surface area contributed by atoms with Crippen LogP contribution in [0.3, 0.4) is 0 Å². The van der Waals surface area contributed by atoms with Gasteiger partial charge in [-0.05, 0) is 60.8 Å². The lowest BCUT2D eigenvalue weighted by molar-refractivity contribution is -0.137. The van der Waals surface area contributed by atoms with Crippen LogP contribution in [0.15, 0.2) is 64.2 Å². The van der Waals surface area contributed by atoms with Crippen molar-refractivity contribution < 1.29 is 41.0 Å². The lowest BCUT2D eigenvalue weighted by atomic mass is 10.0. The number of amides is 3. The number of aliphatic hydroxyl groups excluding tert-OH is 1. The first kappa shape index (κ1) is 33.2. The fourth-order valence-electron chi connectivity index (χ4n) is 4.68. The minimum absolute atomic E-state index is 0.0219. The molecule has 2 aromatic carbocycles. The molecule has 3 atom stereocenters. The normalized spacial score (nSPS) is 18.5. The molecule has 1 aromatic heterocycles. The summed E-state index contributed by atoms with van der Waals surface area (Å²) in [7, 11) is -2.33. The summed E-state index contributed by atoms with van der Waals surface area (Å²) < 4.78 is 72.6. The van der Waals surface area contributed by atoms with Crippen LogP contribution in [-0.2, 0) is 27.4 Å². The minimum Gasteiger partial charge on any atom is -0.488 e. The van der Waals surface area contributed by atoms with Gasteiger partial charge in [-0.3, -0.25) is 4.79 Å². The first-order valence-corrected chi connectivity index (χ1v) is 16.0. The van der Waals surface area contributed by atoms with Gasteiger partial charge in [0.25, 0.3) is 10.0 Å². The number of urea groups is 1. The van der Waals surface area contributed by atoms with E-state index < -0.39 is 39.9 Å². The number of anilines is 2. The number of thiophene rings is 1. The van der Waals surface area contributed by atoms with Crippen molar-refractivity contribution in [2.45, 2.75) is 42.8 Å². The molecule has 0 aliphatic carbocycles. The maximum atomic E-state index is 13.4. The molecule has 0 bridgehead atoms. The van der Waals surface area contributed by atoms with E-state index in [0.29, 0.717) is 11.3 Å². The molecule has 0 radical (unpaired) electrons. The molecule has 1 aliphatic rings. The number of carbonyl (C=O) groups excluding carboxylic acids is 2. The Morgan fingerprint density at radius 2 is 1.82 bits per heavy atom. The standard InChI is InChI=1S/C29H33F3N4O6S2/c1-18-15-36(19(2)17-37)26(38)14-20-13-23(34-28(39)33-22-8-6-21(7-9-22)29(30,31)32)10-11-24(20)42-25(18)16-35(3)44(40,41)27-5-4-12-43-27/h4-13,18-19,25,37H,14-17H2,1-3H3,(H2,33,34,39)/t18-,19-,25+/m1/s1. The molecular weight excluding hydrogens is 621 g/mol. The number of likely N-dealkylation sites (N-methyl/N-ethyl adjacent to an activating group) is 1. The van der Waals surface area contributed by atoms with E-state index in [4.69, 9.17) is 4.74 Å². The van der Waals surface area contributed by atoms with Crippen molar-refractivity contribution in [2.75, 3.05) is 37.4 Å². The number of alkyl halides is 3. The molecule has 3 aromatic rings. The summed E-state index contributed by atoms with van der Waals surface area (Å²) in [4.78, 5) is 27.6. The van der Waals surface area contributed by atoms with Gasteiger partial charge in [0.05, 0.1) is 31.2 Å². The van der Waals surface area contributed by atoms with Crippen molar-refractivity contribution in [3.8, 4) is 5.75 Å². The number of hydrogen-bond donors (Lipinski definition) is 3. The SMILES string of the molecule is C[C@@H]1CN([C@H](C)CO)C(=O)Cc2cc(NC(=O)Nc3ccc(C(F)(F)F)cc3)ccc2O[C@H]1CN(C)S(=O)(=O)c1cccs1. The number of fused-ring (bicyclic) bond motifs is 1. The Bertz CT molecular complexity index is 1570. The zero-order chi connectivity index (χ0) is 32.2. The fraction of sp³-hybridized carbons (Fsp3) is 0.379. The second-order valence-electron chi connectivity index (χ2n) is 10.6. The molecule has 4 rings (SSSR count). The van der Waals surface area contributed by atoms with Gasteiger partial charge in [0, 0.05) is 36.4 Å². The summed E-state index contributed by atoms with van der Waals surface area (Å²) in [5.74, 6) is -0.314. The molecule has 238 valence electrons. The Balaban J connectivity index is 1.58. The summed E-state index contributed by atoms with van der Waals surface area (Å²) >= 11 is 1.10. The van der Waals surface area contributed by atoms with Gasteiger partial charge in [0.1, 0.15) is 16.1 Å². The molecule has 44 heavy (non-hydrogen) atoms. The predicted octanol–water partition coefficient (Wildman–Crippen LogP) is 4.88. The minimum atomic E-state index is -4.50. The number of halogens is 3. The van der Waals surface area contributed by atoms with Crippen LogP contribution in [0.25, 0.3) is 0 Å². The zero-order valence-corrected chi connectivity index (χ0v) is 25.8. The van der Waals surface area contributed by atoms with Crippen LogP contribution in [0.5, 0.6) is 5.75 Å². The molecule has 3 amide bonds. The van der Waals surface area contributed by atoms with Crippen molar-refractivity contribution in [3.05, 3.63) is 71.1 Å². The van der Waals surface area contributed by atoms with E-state index in [9.17, 15) is 36.3 Å². The van der Waals surface area contributed by atoms with E-state index in [1.54, 1.807) is 30.5 Å². The summed E-state index contributed by atoms with van der Waals surface area (Å²) in [6, 6.07) is 10.5. The van der Waals surface area contributed by atoms with E-state index in [1.165, 1.54) is 28.4 Å². The zero-order valence-electron chi connectivity index (χ0n) is 24.2. The third-order valence-electron chi connectivity index (χ3n) is 7.24. The van der Waals surface area contributed by atoms with E-state index in [1.807, 2.05) is 6.92 Å². The average molecular weight is 655 g/mol. The number of benzene rings is 2. The number of sulfonamides is 1. The molecule has 1 aliphatic heterocycles. The second kappa shape index (κ2) is 13.5.